The number of rotatable bonds is 4. The van der Waals surface area contributed by atoms with E-state index >= 15 is 0 Å². The molecule has 0 fully saturated rings. The highest BCUT2D eigenvalue weighted by atomic mass is 19.4. The summed E-state index contributed by atoms with van der Waals surface area (Å²) in [6, 6.07) is 9.24. The number of carbonyl (C=O) groups excluding carboxylic acids is 1. The van der Waals surface area contributed by atoms with Crippen molar-refractivity contribution in [3.63, 3.8) is 0 Å². The highest BCUT2D eigenvalue weighted by molar-refractivity contribution is 5.97. The molecule has 0 aromatic heterocycles. The Hall–Kier alpha value is -2.70. The summed E-state index contributed by atoms with van der Waals surface area (Å²) < 4.78 is 42.5. The molecule has 0 saturated heterocycles. The number of hydrogen-bond donors (Lipinski definition) is 2. The summed E-state index contributed by atoms with van der Waals surface area (Å²) in [5.41, 5.74) is 6.13. The lowest BCUT2D eigenvalue weighted by atomic mass is 10.1. The van der Waals surface area contributed by atoms with Crippen molar-refractivity contribution in [2.24, 2.45) is 0 Å². The molecule has 0 bridgehead atoms. The lowest BCUT2D eigenvalue weighted by molar-refractivity contribution is -0.137. The van der Waals surface area contributed by atoms with Crippen molar-refractivity contribution in [3.8, 4) is 5.75 Å². The zero-order valence-electron chi connectivity index (χ0n) is 12.3. The van der Waals surface area contributed by atoms with Gasteiger partial charge in [-0.05, 0) is 35.9 Å². The van der Waals surface area contributed by atoms with Crippen LogP contribution in [0, 0.1) is 0 Å². The van der Waals surface area contributed by atoms with Gasteiger partial charge in [0.25, 0.3) is 5.91 Å². The van der Waals surface area contributed by atoms with Crippen LogP contribution in [0.2, 0.25) is 0 Å². The monoisotopic (exact) mass is 324 g/mol. The molecule has 2 aromatic carbocycles. The molecule has 2 aromatic rings. The summed E-state index contributed by atoms with van der Waals surface area (Å²) in [6.07, 6.45) is -4.38. The number of carbonyl (C=O) groups is 1. The van der Waals surface area contributed by atoms with Gasteiger partial charge in [0.2, 0.25) is 0 Å². The van der Waals surface area contributed by atoms with E-state index in [2.05, 4.69) is 5.32 Å². The predicted octanol–water partition coefficient (Wildman–Crippen LogP) is 3.23. The van der Waals surface area contributed by atoms with E-state index < -0.39 is 17.6 Å². The van der Waals surface area contributed by atoms with E-state index in [1.807, 2.05) is 0 Å². The van der Waals surface area contributed by atoms with Crippen molar-refractivity contribution in [1.82, 2.24) is 5.32 Å². The molecule has 0 aliphatic heterocycles. The Morgan fingerprint density at radius 3 is 2.39 bits per heavy atom. The molecular formula is C16H15F3N2O2. The SMILES string of the molecule is COc1ccc(N)cc1C(=O)NCc1ccc(C(F)(F)F)cc1. The van der Waals surface area contributed by atoms with Gasteiger partial charge in [0.15, 0.2) is 0 Å². The number of methoxy groups -OCH3 is 1. The van der Waals surface area contributed by atoms with Crippen molar-refractivity contribution in [2.75, 3.05) is 12.8 Å². The van der Waals surface area contributed by atoms with Gasteiger partial charge in [-0.3, -0.25) is 4.79 Å². The standard InChI is InChI=1S/C16H15F3N2O2/c1-23-14-7-6-12(20)8-13(14)15(22)21-9-10-2-4-11(5-3-10)16(17,18)19/h2-8H,9,20H2,1H3,(H,21,22). The first-order valence-electron chi connectivity index (χ1n) is 6.69. The van der Waals surface area contributed by atoms with Crippen molar-refractivity contribution < 1.29 is 22.7 Å². The molecule has 3 N–H and O–H groups in total. The van der Waals surface area contributed by atoms with E-state index in [9.17, 15) is 18.0 Å². The van der Waals surface area contributed by atoms with E-state index in [1.165, 1.54) is 25.3 Å². The van der Waals surface area contributed by atoms with E-state index in [-0.39, 0.29) is 12.1 Å². The van der Waals surface area contributed by atoms with E-state index in [4.69, 9.17) is 10.5 Å². The van der Waals surface area contributed by atoms with Gasteiger partial charge in [0.1, 0.15) is 5.75 Å². The third kappa shape index (κ3) is 4.15. The fraction of sp³-hybridized carbons (Fsp3) is 0.188. The van der Waals surface area contributed by atoms with Gasteiger partial charge in [0.05, 0.1) is 18.2 Å². The average molecular weight is 324 g/mol. The van der Waals surface area contributed by atoms with Gasteiger partial charge in [-0.2, -0.15) is 13.2 Å². The van der Waals surface area contributed by atoms with Crippen molar-refractivity contribution in [3.05, 3.63) is 59.2 Å². The Bertz CT molecular complexity index is 697. The van der Waals surface area contributed by atoms with E-state index in [0.29, 0.717) is 17.0 Å². The van der Waals surface area contributed by atoms with Crippen LogP contribution in [0.3, 0.4) is 0 Å². The first kappa shape index (κ1) is 16.7. The van der Waals surface area contributed by atoms with E-state index in [0.717, 1.165) is 12.1 Å². The molecule has 0 spiro atoms. The quantitative estimate of drug-likeness (QED) is 0.849. The van der Waals surface area contributed by atoms with Crippen LogP contribution in [-0.4, -0.2) is 13.0 Å². The molecule has 0 radical (unpaired) electrons. The zero-order chi connectivity index (χ0) is 17.0. The number of hydrogen-bond acceptors (Lipinski definition) is 3. The number of halogens is 3. The van der Waals surface area contributed by atoms with Gasteiger partial charge in [0, 0.05) is 12.2 Å². The van der Waals surface area contributed by atoms with Crippen LogP contribution in [0.25, 0.3) is 0 Å². The lowest BCUT2D eigenvalue weighted by Gasteiger charge is -2.11. The minimum Gasteiger partial charge on any atom is -0.496 e. The van der Waals surface area contributed by atoms with Crippen molar-refractivity contribution in [1.29, 1.82) is 0 Å². The smallest absolute Gasteiger partial charge is 0.416 e. The molecule has 0 unspecified atom stereocenters. The van der Waals surface area contributed by atoms with Crippen LogP contribution in [0.5, 0.6) is 5.75 Å². The van der Waals surface area contributed by atoms with Crippen LogP contribution in [0.15, 0.2) is 42.5 Å². The van der Waals surface area contributed by atoms with E-state index in [1.54, 1.807) is 12.1 Å². The molecule has 7 heteroatoms. The summed E-state index contributed by atoms with van der Waals surface area (Å²) in [4.78, 5) is 12.1. The molecule has 122 valence electrons. The lowest BCUT2D eigenvalue weighted by Crippen LogP contribution is -2.23. The Morgan fingerprint density at radius 1 is 1.17 bits per heavy atom. The largest absolute Gasteiger partial charge is 0.496 e. The number of anilines is 1. The molecule has 0 saturated carbocycles. The molecular weight excluding hydrogens is 309 g/mol. The topological polar surface area (TPSA) is 64.3 Å². The van der Waals surface area contributed by atoms with Gasteiger partial charge in [-0.25, -0.2) is 0 Å². The fourth-order valence-corrected chi connectivity index (χ4v) is 1.99. The van der Waals surface area contributed by atoms with Gasteiger partial charge in [-0.1, -0.05) is 12.1 Å². The molecule has 2 rings (SSSR count). The number of benzene rings is 2. The number of ether oxygens (including phenoxy) is 1. The minimum atomic E-state index is -4.38. The number of amides is 1. The second-order valence-corrected chi connectivity index (χ2v) is 4.84. The summed E-state index contributed by atoms with van der Waals surface area (Å²) >= 11 is 0. The molecule has 0 aliphatic carbocycles. The van der Waals surface area contributed by atoms with Crippen molar-refractivity contribution in [2.45, 2.75) is 12.7 Å². The number of nitrogens with two attached hydrogens (primary N) is 1. The Labute approximate surface area is 131 Å². The van der Waals surface area contributed by atoms with Gasteiger partial charge >= 0.3 is 6.18 Å². The van der Waals surface area contributed by atoms with Crippen LogP contribution >= 0.6 is 0 Å². The Balaban J connectivity index is 2.06. The van der Waals surface area contributed by atoms with Crippen LogP contribution < -0.4 is 15.8 Å². The van der Waals surface area contributed by atoms with Crippen LogP contribution in [0.4, 0.5) is 18.9 Å². The number of nitrogen functional groups attached to an aromatic ring is 1. The second kappa shape index (κ2) is 6.60. The molecule has 23 heavy (non-hydrogen) atoms. The van der Waals surface area contributed by atoms with Crippen LogP contribution in [-0.2, 0) is 12.7 Å². The number of alkyl halides is 3. The maximum absolute atomic E-state index is 12.5. The summed E-state index contributed by atoms with van der Waals surface area (Å²) in [6.45, 7) is 0.0922. The van der Waals surface area contributed by atoms with Gasteiger partial charge in [-0.15, -0.1) is 0 Å². The van der Waals surface area contributed by atoms with Crippen molar-refractivity contribution >= 4 is 11.6 Å². The maximum Gasteiger partial charge on any atom is 0.416 e. The maximum atomic E-state index is 12.5. The number of nitrogens with one attached hydrogen (secondary N) is 1. The average Bonchev–Trinajstić information content (AvgIpc) is 2.52. The predicted molar refractivity (Wildman–Crippen MR) is 80.0 cm³/mol. The summed E-state index contributed by atoms with van der Waals surface area (Å²) in [5, 5.41) is 2.62. The molecule has 0 heterocycles. The molecule has 0 atom stereocenters. The Morgan fingerprint density at radius 2 is 1.83 bits per heavy atom. The highest BCUT2D eigenvalue weighted by Crippen LogP contribution is 2.29. The zero-order valence-corrected chi connectivity index (χ0v) is 12.3. The highest BCUT2D eigenvalue weighted by Gasteiger charge is 2.29. The second-order valence-electron chi connectivity index (χ2n) is 4.84. The third-order valence-corrected chi connectivity index (χ3v) is 3.20. The van der Waals surface area contributed by atoms with Gasteiger partial charge < -0.3 is 15.8 Å². The first-order chi connectivity index (χ1) is 10.8. The molecule has 0 aliphatic rings. The Kier molecular flexibility index (Phi) is 4.78. The normalized spacial score (nSPS) is 11.1. The third-order valence-electron chi connectivity index (χ3n) is 3.20. The minimum absolute atomic E-state index is 0.0922. The van der Waals surface area contributed by atoms with Crippen LogP contribution in [0.1, 0.15) is 21.5 Å². The summed E-state index contributed by atoms with van der Waals surface area (Å²) in [7, 11) is 1.43. The molecule has 1 amide bonds. The molecule has 4 nitrogen and oxygen atoms in total. The fourth-order valence-electron chi connectivity index (χ4n) is 1.99. The first-order valence-corrected chi connectivity index (χ1v) is 6.69. The summed E-state index contributed by atoms with van der Waals surface area (Å²) in [5.74, 6) is -0.0573.